The molecule has 1 aromatic carbocycles. The molecule has 3 fully saturated rings. The van der Waals surface area contributed by atoms with Crippen LogP contribution in [0.1, 0.15) is 23.2 Å². The van der Waals surface area contributed by atoms with Crippen LogP contribution in [-0.2, 0) is 9.59 Å². The number of allylic oxidation sites excluding steroid dienone is 2. The molecule has 4 atom stereocenters. The molecule has 3 aliphatic carbocycles. The van der Waals surface area contributed by atoms with Crippen molar-refractivity contribution >= 4 is 29.3 Å². The van der Waals surface area contributed by atoms with E-state index in [1.165, 1.54) is 0 Å². The largest absolute Gasteiger partial charge is 0.272 e. The standard InChI is InChI=1S/C18H15ClN2O3/c19-10-3-1-9(2-4-10)15(22)20-21-16(23)13-11-5-6-12(14(13)17(21)24)18(11)7-8-18/h1-6,11-14H,7-8H2,(H,20,22)/t11-,12-,13+,14+/m1/s1. The van der Waals surface area contributed by atoms with Gasteiger partial charge in [0.05, 0.1) is 11.8 Å². The number of benzene rings is 1. The highest BCUT2D eigenvalue weighted by atomic mass is 35.5. The minimum absolute atomic E-state index is 0.154. The number of rotatable bonds is 2. The van der Waals surface area contributed by atoms with Gasteiger partial charge in [-0.3, -0.25) is 19.8 Å². The second kappa shape index (κ2) is 4.48. The third-order valence-corrected chi connectivity index (χ3v) is 6.42. The predicted octanol–water partition coefficient (Wildman–Crippen LogP) is 2.18. The van der Waals surface area contributed by atoms with Crippen molar-refractivity contribution in [3.8, 4) is 0 Å². The van der Waals surface area contributed by atoms with Crippen LogP contribution in [0, 0.1) is 29.1 Å². The molecule has 6 heteroatoms. The molecule has 4 aliphatic rings. The van der Waals surface area contributed by atoms with Crippen molar-refractivity contribution in [1.82, 2.24) is 10.4 Å². The van der Waals surface area contributed by atoms with Crippen molar-refractivity contribution in [2.24, 2.45) is 29.1 Å². The lowest BCUT2D eigenvalue weighted by molar-refractivity contribution is -0.144. The number of carbonyl (C=O) groups excluding carboxylic acids is 3. The number of fused-ring (bicyclic) bond motifs is 3. The second-order valence-corrected chi connectivity index (χ2v) is 7.62. The Hall–Kier alpha value is -2.14. The highest BCUT2D eigenvalue weighted by Gasteiger charge is 2.73. The molecule has 5 nitrogen and oxygen atoms in total. The maximum Gasteiger partial charge on any atom is 0.270 e. The van der Waals surface area contributed by atoms with Gasteiger partial charge in [0, 0.05) is 10.6 Å². The average Bonchev–Trinajstić information content (AvgIpc) is 3.18. The summed E-state index contributed by atoms with van der Waals surface area (Å²) in [6.45, 7) is 0. The normalized spacial score (nSPS) is 34.1. The van der Waals surface area contributed by atoms with E-state index in [-0.39, 0.29) is 40.9 Å². The molecule has 2 bridgehead atoms. The van der Waals surface area contributed by atoms with E-state index in [4.69, 9.17) is 11.6 Å². The van der Waals surface area contributed by atoms with Gasteiger partial charge in [-0.1, -0.05) is 23.8 Å². The fourth-order valence-corrected chi connectivity index (χ4v) is 5.08. The maximum atomic E-state index is 12.8. The smallest absolute Gasteiger partial charge is 0.270 e. The molecule has 2 saturated carbocycles. The summed E-state index contributed by atoms with van der Waals surface area (Å²) in [4.78, 5) is 37.8. The number of hydrazine groups is 1. The Kier molecular flexibility index (Phi) is 2.65. The van der Waals surface area contributed by atoms with E-state index >= 15 is 0 Å². The Morgan fingerprint density at radius 1 is 1.04 bits per heavy atom. The maximum absolute atomic E-state index is 12.8. The van der Waals surface area contributed by atoms with E-state index in [9.17, 15) is 14.4 Å². The van der Waals surface area contributed by atoms with Gasteiger partial charge in [-0.25, -0.2) is 0 Å². The number of halogens is 1. The third kappa shape index (κ3) is 1.63. The molecule has 3 amide bonds. The molecule has 122 valence electrons. The molecule has 1 saturated heterocycles. The lowest BCUT2D eigenvalue weighted by atomic mass is 9.85. The molecule has 1 spiro atoms. The van der Waals surface area contributed by atoms with Crippen molar-refractivity contribution in [3.05, 3.63) is 47.0 Å². The highest BCUT2D eigenvalue weighted by molar-refractivity contribution is 6.30. The van der Waals surface area contributed by atoms with E-state index in [0.29, 0.717) is 10.6 Å². The Bertz CT molecular complexity index is 778. The van der Waals surface area contributed by atoms with Crippen LogP contribution in [0.3, 0.4) is 0 Å². The summed E-state index contributed by atoms with van der Waals surface area (Å²) in [6.07, 6.45) is 6.41. The number of nitrogens with zero attached hydrogens (tertiary/aromatic N) is 1. The summed E-state index contributed by atoms with van der Waals surface area (Å²) in [7, 11) is 0. The summed E-state index contributed by atoms with van der Waals surface area (Å²) in [6, 6.07) is 6.32. The monoisotopic (exact) mass is 342 g/mol. The number of hydrogen-bond donors (Lipinski definition) is 1. The van der Waals surface area contributed by atoms with Gasteiger partial charge in [-0.15, -0.1) is 0 Å². The van der Waals surface area contributed by atoms with Crippen LogP contribution in [0.5, 0.6) is 0 Å². The number of amides is 3. The van der Waals surface area contributed by atoms with Crippen LogP contribution < -0.4 is 5.43 Å². The van der Waals surface area contributed by atoms with Crippen molar-refractivity contribution in [1.29, 1.82) is 0 Å². The molecular formula is C18H15ClN2O3. The molecule has 0 radical (unpaired) electrons. The molecular weight excluding hydrogens is 328 g/mol. The van der Waals surface area contributed by atoms with E-state index in [1.54, 1.807) is 24.3 Å². The molecule has 24 heavy (non-hydrogen) atoms. The first-order chi connectivity index (χ1) is 11.5. The Balaban J connectivity index is 1.39. The molecule has 1 aromatic rings. The van der Waals surface area contributed by atoms with Crippen LogP contribution in [0.2, 0.25) is 5.02 Å². The van der Waals surface area contributed by atoms with Gasteiger partial charge in [0.25, 0.3) is 17.7 Å². The molecule has 0 unspecified atom stereocenters. The van der Waals surface area contributed by atoms with Gasteiger partial charge in [-0.05, 0) is 54.4 Å². The summed E-state index contributed by atoms with van der Waals surface area (Å²) < 4.78 is 0. The Morgan fingerprint density at radius 2 is 1.58 bits per heavy atom. The van der Waals surface area contributed by atoms with Crippen LogP contribution in [0.4, 0.5) is 0 Å². The number of hydrogen-bond acceptors (Lipinski definition) is 3. The minimum Gasteiger partial charge on any atom is -0.272 e. The summed E-state index contributed by atoms with van der Waals surface area (Å²) >= 11 is 5.81. The van der Waals surface area contributed by atoms with Gasteiger partial charge >= 0.3 is 0 Å². The zero-order valence-corrected chi connectivity index (χ0v) is 13.5. The van der Waals surface area contributed by atoms with Crippen LogP contribution in [0.25, 0.3) is 0 Å². The fraction of sp³-hybridized carbons (Fsp3) is 0.389. The van der Waals surface area contributed by atoms with Gasteiger partial charge < -0.3 is 0 Å². The lowest BCUT2D eigenvalue weighted by Gasteiger charge is -2.22. The van der Waals surface area contributed by atoms with Crippen molar-refractivity contribution in [2.75, 3.05) is 0 Å². The first kappa shape index (κ1) is 14.2. The summed E-state index contributed by atoms with van der Waals surface area (Å²) in [5.74, 6) is -1.32. The van der Waals surface area contributed by atoms with E-state index in [2.05, 4.69) is 17.6 Å². The summed E-state index contributed by atoms with van der Waals surface area (Å²) in [5.41, 5.74) is 3.00. The number of nitrogens with one attached hydrogen (secondary N) is 1. The average molecular weight is 343 g/mol. The second-order valence-electron chi connectivity index (χ2n) is 7.18. The van der Waals surface area contributed by atoms with E-state index < -0.39 is 5.91 Å². The topological polar surface area (TPSA) is 66.5 Å². The van der Waals surface area contributed by atoms with Crippen molar-refractivity contribution < 1.29 is 14.4 Å². The van der Waals surface area contributed by atoms with Crippen LogP contribution in [-0.4, -0.2) is 22.7 Å². The van der Waals surface area contributed by atoms with Gasteiger partial charge in [0.1, 0.15) is 0 Å². The van der Waals surface area contributed by atoms with Gasteiger partial charge in [0.15, 0.2) is 0 Å². The predicted molar refractivity (Wildman–Crippen MR) is 85.5 cm³/mol. The third-order valence-electron chi connectivity index (χ3n) is 6.17. The zero-order valence-electron chi connectivity index (χ0n) is 12.7. The fourth-order valence-electron chi connectivity index (χ4n) is 4.96. The van der Waals surface area contributed by atoms with Crippen LogP contribution >= 0.6 is 11.6 Å². The quantitative estimate of drug-likeness (QED) is 0.661. The molecule has 1 aliphatic heterocycles. The molecule has 0 aromatic heterocycles. The first-order valence-electron chi connectivity index (χ1n) is 8.16. The van der Waals surface area contributed by atoms with Gasteiger partial charge in [-0.2, -0.15) is 5.01 Å². The summed E-state index contributed by atoms with van der Waals surface area (Å²) in [5, 5.41) is 1.46. The van der Waals surface area contributed by atoms with E-state index in [1.807, 2.05) is 0 Å². The van der Waals surface area contributed by atoms with Gasteiger partial charge in [0.2, 0.25) is 0 Å². The number of carbonyl (C=O) groups is 3. The first-order valence-corrected chi connectivity index (χ1v) is 8.53. The Morgan fingerprint density at radius 3 is 2.08 bits per heavy atom. The van der Waals surface area contributed by atoms with Crippen LogP contribution in [0.15, 0.2) is 36.4 Å². The van der Waals surface area contributed by atoms with Crippen molar-refractivity contribution in [3.63, 3.8) is 0 Å². The molecule has 1 N–H and O–H groups in total. The highest BCUT2D eigenvalue weighted by Crippen LogP contribution is 2.73. The van der Waals surface area contributed by atoms with Crippen molar-refractivity contribution in [2.45, 2.75) is 12.8 Å². The zero-order chi connectivity index (χ0) is 16.6. The minimum atomic E-state index is -0.477. The van der Waals surface area contributed by atoms with E-state index in [0.717, 1.165) is 17.9 Å². The SMILES string of the molecule is O=C(NN1C(=O)[C@@H]2[C@@H](C1=O)[C@H]1C=C[C@H]2C12CC2)c1ccc(Cl)cc1. The Labute approximate surface area is 143 Å². The molecule has 5 rings (SSSR count). The molecule has 1 heterocycles. The lowest BCUT2D eigenvalue weighted by Crippen LogP contribution is -2.47. The number of imide groups is 1.